The Labute approximate surface area is 178 Å². The van der Waals surface area contributed by atoms with Crippen LogP contribution in [0.2, 0.25) is 0 Å². The first-order chi connectivity index (χ1) is 14.4. The Morgan fingerprint density at radius 3 is 2.60 bits per heavy atom. The fourth-order valence-electron chi connectivity index (χ4n) is 5.07. The van der Waals surface area contributed by atoms with E-state index < -0.39 is 11.6 Å². The zero-order valence-electron chi connectivity index (χ0n) is 17.9. The van der Waals surface area contributed by atoms with Crippen LogP contribution in [0.5, 0.6) is 0 Å². The number of rotatable bonds is 5. The van der Waals surface area contributed by atoms with Crippen molar-refractivity contribution in [2.45, 2.75) is 31.3 Å². The Morgan fingerprint density at radius 1 is 1.23 bits per heavy atom. The van der Waals surface area contributed by atoms with Crippen molar-refractivity contribution < 1.29 is 9.59 Å². The van der Waals surface area contributed by atoms with E-state index in [4.69, 9.17) is 0 Å². The Morgan fingerprint density at radius 2 is 1.97 bits per heavy atom. The number of ketones is 1. The second-order valence-corrected chi connectivity index (χ2v) is 8.48. The summed E-state index contributed by atoms with van der Waals surface area (Å²) in [5.41, 5.74) is 4.27. The first-order valence-electron chi connectivity index (χ1n) is 10.5. The highest BCUT2D eigenvalue weighted by Crippen LogP contribution is 2.55. The van der Waals surface area contributed by atoms with Crippen LogP contribution in [0.15, 0.2) is 55.1 Å². The van der Waals surface area contributed by atoms with Crippen molar-refractivity contribution in [3.8, 4) is 0 Å². The molecule has 2 aromatic carbocycles. The molecule has 0 bridgehead atoms. The minimum Gasteiger partial charge on any atom is -0.378 e. The van der Waals surface area contributed by atoms with Gasteiger partial charge in [-0.1, -0.05) is 30.3 Å². The first-order valence-corrected chi connectivity index (χ1v) is 10.5. The zero-order valence-corrected chi connectivity index (χ0v) is 17.9. The molecule has 2 aliphatic heterocycles. The number of aldehydes is 1. The Hall–Kier alpha value is -2.92. The van der Waals surface area contributed by atoms with Crippen molar-refractivity contribution in [1.82, 2.24) is 5.32 Å². The second kappa shape index (κ2) is 7.73. The van der Waals surface area contributed by atoms with Gasteiger partial charge < -0.3 is 14.6 Å². The molecule has 2 aliphatic rings. The van der Waals surface area contributed by atoms with Gasteiger partial charge in [-0.05, 0) is 62.2 Å². The minimum atomic E-state index is -0.839. The van der Waals surface area contributed by atoms with Crippen LogP contribution < -0.4 is 15.1 Å². The number of fused-ring (bicyclic) bond motifs is 1. The Bertz CT molecular complexity index is 982. The number of hydrogen-bond acceptors (Lipinski definition) is 5. The smallest absolute Gasteiger partial charge is 0.161 e. The van der Waals surface area contributed by atoms with Gasteiger partial charge in [0.15, 0.2) is 5.78 Å². The molecule has 2 aromatic rings. The molecule has 5 nitrogen and oxygen atoms in total. The molecule has 0 radical (unpaired) electrons. The van der Waals surface area contributed by atoms with Gasteiger partial charge in [-0.3, -0.25) is 10.1 Å². The van der Waals surface area contributed by atoms with Gasteiger partial charge in [-0.15, -0.1) is 0 Å². The molecule has 1 saturated heterocycles. The van der Waals surface area contributed by atoms with Crippen LogP contribution in [0.3, 0.4) is 0 Å². The quantitative estimate of drug-likeness (QED) is 0.605. The van der Waals surface area contributed by atoms with Crippen molar-refractivity contribution in [2.75, 3.05) is 30.4 Å². The normalized spacial score (nSPS) is 25.1. The molecule has 1 spiro atoms. The molecule has 3 unspecified atom stereocenters. The fourth-order valence-corrected chi connectivity index (χ4v) is 5.07. The molecular formula is C25H29N3O2. The molecule has 1 fully saturated rings. The number of anilines is 3. The van der Waals surface area contributed by atoms with E-state index in [0.717, 1.165) is 53.9 Å². The molecule has 0 amide bonds. The molecule has 0 saturated carbocycles. The number of nitrogens with one attached hydrogen (secondary N) is 1. The van der Waals surface area contributed by atoms with Crippen LogP contribution in [-0.4, -0.2) is 38.4 Å². The largest absolute Gasteiger partial charge is 0.378 e. The second-order valence-electron chi connectivity index (χ2n) is 8.48. The molecule has 3 atom stereocenters. The molecule has 0 aliphatic carbocycles. The van der Waals surface area contributed by atoms with Crippen molar-refractivity contribution >= 4 is 29.1 Å². The summed E-state index contributed by atoms with van der Waals surface area (Å²) in [4.78, 5) is 29.8. The van der Waals surface area contributed by atoms with Gasteiger partial charge >= 0.3 is 0 Å². The number of benzene rings is 2. The Kier molecular flexibility index (Phi) is 5.24. The predicted molar refractivity (Wildman–Crippen MR) is 122 cm³/mol. The molecular weight excluding hydrogens is 374 g/mol. The molecule has 0 aromatic heterocycles. The number of allylic oxidation sites excluding steroid dienone is 1. The number of nitrogens with zero attached hydrogens (tertiary/aromatic N) is 2. The van der Waals surface area contributed by atoms with Crippen LogP contribution in [0.1, 0.15) is 29.9 Å². The average Bonchev–Trinajstić information content (AvgIpc) is 3.02. The lowest BCUT2D eigenvalue weighted by Crippen LogP contribution is -2.66. The van der Waals surface area contributed by atoms with E-state index in [2.05, 4.69) is 59.0 Å². The molecule has 156 valence electrons. The maximum absolute atomic E-state index is 13.0. The first kappa shape index (κ1) is 20.4. The predicted octanol–water partition coefficient (Wildman–Crippen LogP) is 3.95. The third-order valence-corrected chi connectivity index (χ3v) is 6.53. The maximum Gasteiger partial charge on any atom is 0.161 e. The highest BCUT2D eigenvalue weighted by atomic mass is 16.1. The summed E-state index contributed by atoms with van der Waals surface area (Å²) in [6.45, 7) is 6.55. The van der Waals surface area contributed by atoms with Gasteiger partial charge in [0.2, 0.25) is 0 Å². The number of carbonyl (C=O) groups is 2. The van der Waals surface area contributed by atoms with Crippen LogP contribution >= 0.6 is 0 Å². The molecule has 4 rings (SSSR count). The van der Waals surface area contributed by atoms with Gasteiger partial charge in [0.1, 0.15) is 11.9 Å². The van der Waals surface area contributed by atoms with E-state index in [-0.39, 0.29) is 11.7 Å². The number of piperidine rings is 1. The van der Waals surface area contributed by atoms with E-state index in [0.29, 0.717) is 0 Å². The summed E-state index contributed by atoms with van der Waals surface area (Å²) in [6.07, 6.45) is 4.02. The number of aryl methyl sites for hydroxylation is 1. The highest BCUT2D eigenvalue weighted by molar-refractivity contribution is 5.96. The summed E-state index contributed by atoms with van der Waals surface area (Å²) in [7, 11) is 4.01. The molecule has 2 heterocycles. The van der Waals surface area contributed by atoms with Gasteiger partial charge in [0.25, 0.3) is 0 Å². The molecule has 1 N–H and O–H groups in total. The van der Waals surface area contributed by atoms with Crippen LogP contribution in [0.4, 0.5) is 17.1 Å². The van der Waals surface area contributed by atoms with Crippen molar-refractivity contribution in [1.29, 1.82) is 0 Å². The van der Waals surface area contributed by atoms with E-state index in [9.17, 15) is 9.59 Å². The van der Waals surface area contributed by atoms with Gasteiger partial charge in [0.05, 0.1) is 11.8 Å². The summed E-state index contributed by atoms with van der Waals surface area (Å²) in [6, 6.07) is 14.5. The minimum absolute atomic E-state index is 0.0215. The molecule has 30 heavy (non-hydrogen) atoms. The van der Waals surface area contributed by atoms with E-state index in [1.807, 2.05) is 26.2 Å². The lowest BCUT2D eigenvalue weighted by atomic mass is 9.73. The van der Waals surface area contributed by atoms with Crippen molar-refractivity contribution in [3.63, 3.8) is 0 Å². The van der Waals surface area contributed by atoms with Crippen LogP contribution in [0, 0.1) is 12.8 Å². The topological polar surface area (TPSA) is 52.7 Å². The SMILES string of the molecule is C=CC(=O)C1CCCNC12C(C=O)c1ccc(N(C)C)cc1N2c1ccc(C)cc1. The fraction of sp³-hybridized carbons (Fsp3) is 0.360. The third-order valence-electron chi connectivity index (χ3n) is 6.53. The van der Waals surface area contributed by atoms with Crippen molar-refractivity contribution in [3.05, 3.63) is 66.2 Å². The lowest BCUT2D eigenvalue weighted by molar-refractivity contribution is -0.123. The Balaban J connectivity index is 2.01. The lowest BCUT2D eigenvalue weighted by Gasteiger charge is -2.50. The monoisotopic (exact) mass is 403 g/mol. The highest BCUT2D eigenvalue weighted by Gasteiger charge is 2.59. The van der Waals surface area contributed by atoms with E-state index >= 15 is 0 Å². The van der Waals surface area contributed by atoms with Crippen LogP contribution in [0.25, 0.3) is 0 Å². The number of hydrogen-bond donors (Lipinski definition) is 1. The number of carbonyl (C=O) groups excluding carboxylic acids is 2. The average molecular weight is 404 g/mol. The van der Waals surface area contributed by atoms with E-state index in [1.165, 1.54) is 6.08 Å². The van der Waals surface area contributed by atoms with E-state index in [1.54, 1.807) is 0 Å². The summed E-state index contributed by atoms with van der Waals surface area (Å²) < 4.78 is 0. The van der Waals surface area contributed by atoms with Crippen molar-refractivity contribution in [2.24, 2.45) is 5.92 Å². The van der Waals surface area contributed by atoms with Gasteiger partial charge in [0, 0.05) is 31.2 Å². The third kappa shape index (κ3) is 2.96. The zero-order chi connectivity index (χ0) is 21.5. The molecule has 5 heteroatoms. The summed E-state index contributed by atoms with van der Waals surface area (Å²) in [5.74, 6) is -0.846. The van der Waals surface area contributed by atoms with Crippen LogP contribution in [-0.2, 0) is 9.59 Å². The standard InChI is InChI=1S/C25H29N3O2/c1-5-24(30)21-7-6-14-26-25(21)22(16-29)20-13-12-19(27(3)4)15-23(20)28(25)18-10-8-17(2)9-11-18/h5,8-13,15-16,21-22,26H,1,6-7,14H2,2-4H3. The maximum atomic E-state index is 13.0. The van der Waals surface area contributed by atoms with Gasteiger partial charge in [-0.25, -0.2) is 0 Å². The van der Waals surface area contributed by atoms with Gasteiger partial charge in [-0.2, -0.15) is 0 Å². The summed E-state index contributed by atoms with van der Waals surface area (Å²) >= 11 is 0. The summed E-state index contributed by atoms with van der Waals surface area (Å²) in [5, 5.41) is 3.63.